The van der Waals surface area contributed by atoms with E-state index in [1.807, 2.05) is 0 Å². The van der Waals surface area contributed by atoms with E-state index in [1.165, 1.54) is 6.42 Å². The summed E-state index contributed by atoms with van der Waals surface area (Å²) in [4.78, 5) is 36.0. The smallest absolute Gasteiger partial charge is 0.322 e. The molecule has 0 spiro atoms. The number of carboxylic acid groups (broad SMARTS) is 1. The van der Waals surface area contributed by atoms with Gasteiger partial charge in [-0.1, -0.05) is 30.2 Å². The molecule has 4 N–H and O–H groups in total. The number of aliphatic hydroxyl groups is 2. The van der Waals surface area contributed by atoms with Crippen LogP contribution in [0.15, 0.2) is 35.6 Å². The van der Waals surface area contributed by atoms with E-state index < -0.39 is 24.3 Å². The minimum Gasteiger partial charge on any atom is -0.511 e. The number of nitrogens with zero attached hydrogens (tertiary/aromatic N) is 1. The molecule has 1 heterocycles. The molecular formula is C20H25ClN2O6. The third-order valence-corrected chi connectivity index (χ3v) is 5.09. The van der Waals surface area contributed by atoms with Gasteiger partial charge in [0.25, 0.3) is 11.8 Å². The maximum absolute atomic E-state index is 12.2. The monoisotopic (exact) mass is 424 g/mol. The standard InChI is InChI=1S/C13H18N2O5.C7H7ClO/c16-9-4-5-15(7-8-2-1-3-8)13(20)11(9)12(19)14-6-10(17)18;8-7-3-1-6(5-9)2-4-7/h8,16H,1-7H2,(H,14,19)(H,17,18);1-4,9H,5H2. The fourth-order valence-corrected chi connectivity index (χ4v) is 3.10. The number of aliphatic hydroxyl groups excluding tert-OH is 2. The molecule has 158 valence electrons. The van der Waals surface area contributed by atoms with Crippen LogP contribution in [0.4, 0.5) is 0 Å². The van der Waals surface area contributed by atoms with Crippen LogP contribution in [0.5, 0.6) is 0 Å². The summed E-state index contributed by atoms with van der Waals surface area (Å²) < 4.78 is 0. The fraction of sp³-hybridized carbons (Fsp3) is 0.450. The van der Waals surface area contributed by atoms with Crippen molar-refractivity contribution in [2.45, 2.75) is 32.3 Å². The molecule has 0 unspecified atom stereocenters. The molecule has 1 fully saturated rings. The second-order valence-corrected chi connectivity index (χ2v) is 7.42. The Kier molecular flexibility index (Phi) is 8.48. The van der Waals surface area contributed by atoms with Gasteiger partial charge in [-0.3, -0.25) is 14.4 Å². The van der Waals surface area contributed by atoms with Crippen molar-refractivity contribution in [3.05, 3.63) is 46.2 Å². The maximum atomic E-state index is 12.2. The van der Waals surface area contributed by atoms with Gasteiger partial charge in [-0.2, -0.15) is 0 Å². The number of carbonyl (C=O) groups is 3. The van der Waals surface area contributed by atoms with Crippen LogP contribution in [0.3, 0.4) is 0 Å². The number of halogens is 1. The van der Waals surface area contributed by atoms with Gasteiger partial charge >= 0.3 is 5.97 Å². The van der Waals surface area contributed by atoms with E-state index in [2.05, 4.69) is 5.32 Å². The Morgan fingerprint density at radius 1 is 1.21 bits per heavy atom. The number of aliphatic carboxylic acids is 1. The van der Waals surface area contributed by atoms with Crippen LogP contribution in [0.25, 0.3) is 0 Å². The van der Waals surface area contributed by atoms with E-state index in [0.717, 1.165) is 18.4 Å². The molecule has 1 aliphatic carbocycles. The summed E-state index contributed by atoms with van der Waals surface area (Å²) in [5.74, 6) is -2.32. The molecule has 1 aliphatic heterocycles. The van der Waals surface area contributed by atoms with Gasteiger partial charge in [-0.25, -0.2) is 0 Å². The van der Waals surface area contributed by atoms with E-state index in [-0.39, 0.29) is 24.4 Å². The minimum absolute atomic E-state index is 0.0805. The fourth-order valence-electron chi connectivity index (χ4n) is 2.97. The van der Waals surface area contributed by atoms with Crippen LogP contribution in [-0.2, 0) is 21.0 Å². The summed E-state index contributed by atoms with van der Waals surface area (Å²) in [6.07, 6.45) is 3.56. The Balaban J connectivity index is 0.000000278. The van der Waals surface area contributed by atoms with Crippen molar-refractivity contribution in [1.29, 1.82) is 0 Å². The lowest BCUT2D eigenvalue weighted by Crippen LogP contribution is -2.46. The lowest BCUT2D eigenvalue weighted by Gasteiger charge is -2.34. The highest BCUT2D eigenvalue weighted by Gasteiger charge is 2.34. The number of carbonyl (C=O) groups excluding carboxylic acids is 2. The summed E-state index contributed by atoms with van der Waals surface area (Å²) in [6, 6.07) is 7.10. The van der Waals surface area contributed by atoms with Gasteiger partial charge in [-0.05, 0) is 36.5 Å². The van der Waals surface area contributed by atoms with Crippen molar-refractivity contribution in [1.82, 2.24) is 10.2 Å². The van der Waals surface area contributed by atoms with Crippen molar-refractivity contribution in [3.8, 4) is 0 Å². The Bertz CT molecular complexity index is 774. The van der Waals surface area contributed by atoms with Crippen LogP contribution in [0.2, 0.25) is 5.02 Å². The van der Waals surface area contributed by atoms with Crippen LogP contribution in [0, 0.1) is 5.92 Å². The van der Waals surface area contributed by atoms with E-state index in [9.17, 15) is 19.5 Å². The Morgan fingerprint density at radius 2 is 1.86 bits per heavy atom. The van der Waals surface area contributed by atoms with Crippen molar-refractivity contribution in [2.75, 3.05) is 19.6 Å². The molecule has 0 radical (unpaired) electrons. The zero-order valence-electron chi connectivity index (χ0n) is 15.9. The van der Waals surface area contributed by atoms with Crippen LogP contribution in [0.1, 0.15) is 31.2 Å². The summed E-state index contributed by atoms with van der Waals surface area (Å²) in [5.41, 5.74) is 0.566. The highest BCUT2D eigenvalue weighted by Crippen LogP contribution is 2.29. The first-order valence-electron chi connectivity index (χ1n) is 9.38. The molecule has 1 aromatic rings. The van der Waals surface area contributed by atoms with Gasteiger partial charge < -0.3 is 25.5 Å². The largest absolute Gasteiger partial charge is 0.511 e. The molecule has 0 saturated heterocycles. The minimum atomic E-state index is -1.20. The first kappa shape index (κ1) is 22.7. The van der Waals surface area contributed by atoms with Crippen LogP contribution >= 0.6 is 11.6 Å². The molecule has 3 rings (SSSR count). The van der Waals surface area contributed by atoms with Crippen molar-refractivity contribution < 1.29 is 29.7 Å². The van der Waals surface area contributed by atoms with Gasteiger partial charge in [0.15, 0.2) is 0 Å². The number of carboxylic acids is 1. The summed E-state index contributed by atoms with van der Waals surface area (Å²) >= 11 is 5.59. The lowest BCUT2D eigenvalue weighted by atomic mass is 9.84. The number of nitrogens with one attached hydrogen (secondary N) is 1. The third-order valence-electron chi connectivity index (χ3n) is 4.83. The van der Waals surface area contributed by atoms with Crippen LogP contribution < -0.4 is 5.32 Å². The highest BCUT2D eigenvalue weighted by atomic mass is 35.5. The summed E-state index contributed by atoms with van der Waals surface area (Å²) in [6.45, 7) is 0.501. The highest BCUT2D eigenvalue weighted by molar-refractivity contribution is 6.30. The number of benzene rings is 1. The normalized spacial score (nSPS) is 16.6. The predicted molar refractivity (Wildman–Crippen MR) is 106 cm³/mol. The molecule has 9 heteroatoms. The average molecular weight is 425 g/mol. The molecule has 1 aromatic carbocycles. The molecule has 0 aromatic heterocycles. The molecule has 1 saturated carbocycles. The van der Waals surface area contributed by atoms with Crippen molar-refractivity contribution in [2.24, 2.45) is 5.92 Å². The van der Waals surface area contributed by atoms with E-state index in [1.54, 1.807) is 29.2 Å². The Morgan fingerprint density at radius 3 is 2.38 bits per heavy atom. The first-order chi connectivity index (χ1) is 13.8. The molecular weight excluding hydrogens is 400 g/mol. The van der Waals surface area contributed by atoms with E-state index >= 15 is 0 Å². The van der Waals surface area contributed by atoms with Crippen molar-refractivity contribution >= 4 is 29.4 Å². The molecule has 8 nitrogen and oxygen atoms in total. The number of amides is 2. The number of hydrogen-bond donors (Lipinski definition) is 4. The molecule has 2 amide bonds. The Labute approximate surface area is 173 Å². The topological polar surface area (TPSA) is 127 Å². The average Bonchev–Trinajstić information content (AvgIpc) is 2.65. The summed E-state index contributed by atoms with van der Waals surface area (Å²) in [5, 5.41) is 29.6. The van der Waals surface area contributed by atoms with E-state index in [4.69, 9.17) is 21.8 Å². The van der Waals surface area contributed by atoms with Gasteiger partial charge in [0.05, 0.1) is 6.61 Å². The van der Waals surface area contributed by atoms with Gasteiger partial charge in [-0.15, -0.1) is 0 Å². The lowest BCUT2D eigenvalue weighted by molar-refractivity contribution is -0.138. The molecule has 0 bridgehead atoms. The maximum Gasteiger partial charge on any atom is 0.322 e. The van der Waals surface area contributed by atoms with E-state index in [0.29, 0.717) is 24.0 Å². The number of rotatable bonds is 6. The predicted octanol–water partition coefficient (Wildman–Crippen LogP) is 1.86. The van der Waals surface area contributed by atoms with Crippen LogP contribution in [-0.4, -0.2) is 57.6 Å². The first-order valence-corrected chi connectivity index (χ1v) is 9.76. The van der Waals surface area contributed by atoms with Gasteiger partial charge in [0.1, 0.15) is 17.9 Å². The second kappa shape index (κ2) is 10.8. The van der Waals surface area contributed by atoms with Gasteiger partial charge in [0.2, 0.25) is 0 Å². The SMILES string of the molecule is O=C(O)CNC(=O)C1=C(O)CCN(CC2CCC2)C1=O.OCc1ccc(Cl)cc1. The zero-order valence-corrected chi connectivity index (χ0v) is 16.7. The third kappa shape index (κ3) is 6.76. The molecule has 29 heavy (non-hydrogen) atoms. The zero-order chi connectivity index (χ0) is 21.4. The molecule has 0 atom stereocenters. The quantitative estimate of drug-likeness (QED) is 0.516. The second-order valence-electron chi connectivity index (χ2n) is 6.98. The Hall–Kier alpha value is -2.58. The number of hydrogen-bond acceptors (Lipinski definition) is 5. The summed E-state index contributed by atoms with van der Waals surface area (Å²) in [7, 11) is 0. The van der Waals surface area contributed by atoms with Gasteiger partial charge in [0, 0.05) is 24.5 Å². The molecule has 2 aliphatic rings. The van der Waals surface area contributed by atoms with Crippen molar-refractivity contribution in [3.63, 3.8) is 0 Å².